The average molecular weight is 391 g/mol. The molecule has 0 aliphatic carbocycles. The van der Waals surface area contributed by atoms with Crippen molar-refractivity contribution in [2.24, 2.45) is 0 Å². The van der Waals surface area contributed by atoms with Gasteiger partial charge in [-0.1, -0.05) is 23.2 Å². The molecule has 0 aliphatic heterocycles. The number of rotatable bonds is 2. The summed E-state index contributed by atoms with van der Waals surface area (Å²) in [6.07, 6.45) is 0. The van der Waals surface area contributed by atoms with Crippen molar-refractivity contribution >= 4 is 66.6 Å². The molecule has 2 aromatic heterocycles. The number of hydrogen-bond donors (Lipinski definition) is 1. The fourth-order valence-electron chi connectivity index (χ4n) is 1.61. The van der Waals surface area contributed by atoms with Gasteiger partial charge in [0.2, 0.25) is 11.8 Å². The van der Waals surface area contributed by atoms with Crippen LogP contribution in [0.2, 0.25) is 10.0 Å². The minimum atomic E-state index is 0.147. The lowest BCUT2D eigenvalue weighted by molar-refractivity contribution is 0.469. The van der Waals surface area contributed by atoms with Crippen LogP contribution in [0.3, 0.4) is 0 Å². The summed E-state index contributed by atoms with van der Waals surface area (Å²) in [6.45, 7) is 0. The lowest BCUT2D eigenvalue weighted by Crippen LogP contribution is -1.97. The molecule has 0 bridgehead atoms. The third-order valence-electron chi connectivity index (χ3n) is 2.49. The van der Waals surface area contributed by atoms with Crippen molar-refractivity contribution in [2.75, 3.05) is 5.73 Å². The molecule has 2 N–H and O–H groups in total. The number of nitrogen functional groups attached to an aromatic ring is 1. The first-order chi connectivity index (χ1) is 9.54. The van der Waals surface area contributed by atoms with Gasteiger partial charge in [-0.3, -0.25) is 0 Å². The van der Waals surface area contributed by atoms with Crippen molar-refractivity contribution in [3.05, 3.63) is 38.1 Å². The summed E-state index contributed by atoms with van der Waals surface area (Å²) in [5.74, 6) is 0.911. The molecule has 0 aliphatic rings. The van der Waals surface area contributed by atoms with E-state index >= 15 is 0 Å². The quantitative estimate of drug-likeness (QED) is 0.615. The fourth-order valence-corrected chi connectivity index (χ4v) is 3.20. The van der Waals surface area contributed by atoms with E-state index in [1.807, 2.05) is 11.4 Å². The average Bonchev–Trinajstić information content (AvgIpc) is 2.84. The van der Waals surface area contributed by atoms with Gasteiger partial charge in [-0.25, -0.2) is 4.98 Å². The Balaban J connectivity index is 2.09. The third-order valence-corrected chi connectivity index (χ3v) is 4.79. The summed E-state index contributed by atoms with van der Waals surface area (Å²) < 4.78 is 6.43. The van der Waals surface area contributed by atoms with Gasteiger partial charge in [0.05, 0.1) is 15.4 Å². The first-order valence-corrected chi connectivity index (χ1v) is 7.80. The molecular formula is C12H6BrCl2N3OS. The minimum absolute atomic E-state index is 0.147. The van der Waals surface area contributed by atoms with Gasteiger partial charge in [-0.15, -0.1) is 11.3 Å². The molecule has 0 saturated heterocycles. The minimum Gasteiger partial charge on any atom is -0.437 e. The molecule has 0 amide bonds. The third kappa shape index (κ3) is 2.56. The van der Waals surface area contributed by atoms with E-state index in [0.29, 0.717) is 26.1 Å². The molecule has 0 unspecified atom stereocenters. The molecule has 20 heavy (non-hydrogen) atoms. The first-order valence-electron chi connectivity index (χ1n) is 5.37. The van der Waals surface area contributed by atoms with Crippen LogP contribution in [-0.2, 0) is 0 Å². The van der Waals surface area contributed by atoms with Crippen molar-refractivity contribution in [2.45, 2.75) is 0 Å². The van der Waals surface area contributed by atoms with E-state index in [4.69, 9.17) is 33.7 Å². The molecule has 1 aromatic carbocycles. The van der Waals surface area contributed by atoms with E-state index in [-0.39, 0.29) is 5.95 Å². The Morgan fingerprint density at radius 2 is 2.00 bits per heavy atom. The highest BCUT2D eigenvalue weighted by atomic mass is 79.9. The molecule has 0 radical (unpaired) electrons. The van der Waals surface area contributed by atoms with Crippen LogP contribution in [0.25, 0.3) is 10.2 Å². The number of fused-ring (bicyclic) bond motifs is 1. The van der Waals surface area contributed by atoms with E-state index in [2.05, 4.69) is 25.9 Å². The van der Waals surface area contributed by atoms with Crippen LogP contribution in [-0.4, -0.2) is 9.97 Å². The highest BCUT2D eigenvalue weighted by molar-refractivity contribution is 9.10. The predicted octanol–water partition coefficient (Wildman–Crippen LogP) is 5.14. The van der Waals surface area contributed by atoms with Crippen LogP contribution in [0.4, 0.5) is 5.95 Å². The monoisotopic (exact) mass is 389 g/mol. The lowest BCUT2D eigenvalue weighted by atomic mass is 10.3. The van der Waals surface area contributed by atoms with Crippen LogP contribution in [0.5, 0.6) is 11.6 Å². The van der Waals surface area contributed by atoms with E-state index in [0.717, 1.165) is 10.2 Å². The summed E-state index contributed by atoms with van der Waals surface area (Å²) in [5.41, 5.74) is 5.67. The standard InChI is InChI=1S/C12H6BrCl2N3OS/c13-6-3-8(15)9(4-7(6)14)19-10-5-1-2-20-11(5)18-12(16)17-10/h1-4H,(H2,16,17,18). The first kappa shape index (κ1) is 13.9. The van der Waals surface area contributed by atoms with Gasteiger partial charge in [0.1, 0.15) is 10.6 Å². The number of anilines is 1. The Labute approximate surface area is 136 Å². The van der Waals surface area contributed by atoms with Gasteiger partial charge in [0.15, 0.2) is 0 Å². The van der Waals surface area contributed by atoms with Gasteiger partial charge < -0.3 is 10.5 Å². The Kier molecular flexibility index (Phi) is 3.72. The smallest absolute Gasteiger partial charge is 0.232 e. The van der Waals surface area contributed by atoms with Gasteiger partial charge in [0, 0.05) is 10.5 Å². The van der Waals surface area contributed by atoms with Gasteiger partial charge in [-0.2, -0.15) is 4.98 Å². The Bertz CT molecular complexity index is 809. The van der Waals surface area contributed by atoms with Crippen molar-refractivity contribution < 1.29 is 4.74 Å². The molecule has 2 heterocycles. The lowest BCUT2D eigenvalue weighted by Gasteiger charge is -2.09. The van der Waals surface area contributed by atoms with Crippen molar-refractivity contribution in [1.29, 1.82) is 0 Å². The molecule has 3 rings (SSSR count). The number of halogens is 3. The second kappa shape index (κ2) is 5.37. The largest absolute Gasteiger partial charge is 0.437 e. The topological polar surface area (TPSA) is 61.0 Å². The molecule has 0 fully saturated rings. The zero-order valence-electron chi connectivity index (χ0n) is 9.73. The summed E-state index contributed by atoms with van der Waals surface area (Å²) in [7, 11) is 0. The van der Waals surface area contributed by atoms with Crippen molar-refractivity contribution in [3.63, 3.8) is 0 Å². The molecule has 0 spiro atoms. The number of ether oxygens (including phenoxy) is 1. The number of nitrogens with two attached hydrogens (primary N) is 1. The zero-order valence-corrected chi connectivity index (χ0v) is 13.6. The highest BCUT2D eigenvalue weighted by Crippen LogP contribution is 2.38. The van der Waals surface area contributed by atoms with Crippen molar-refractivity contribution in [3.8, 4) is 11.6 Å². The second-order valence-corrected chi connectivity index (χ2v) is 6.39. The van der Waals surface area contributed by atoms with E-state index in [9.17, 15) is 0 Å². The van der Waals surface area contributed by atoms with E-state index < -0.39 is 0 Å². The molecule has 0 atom stereocenters. The number of hydrogen-bond acceptors (Lipinski definition) is 5. The van der Waals surface area contributed by atoms with Crippen LogP contribution < -0.4 is 10.5 Å². The number of benzene rings is 1. The predicted molar refractivity (Wildman–Crippen MR) is 86.1 cm³/mol. The molecular weight excluding hydrogens is 385 g/mol. The van der Waals surface area contributed by atoms with Gasteiger partial charge in [0.25, 0.3) is 0 Å². The van der Waals surface area contributed by atoms with Crippen LogP contribution >= 0.6 is 50.5 Å². The maximum Gasteiger partial charge on any atom is 0.232 e. The summed E-state index contributed by atoms with van der Waals surface area (Å²) in [5, 5.41) is 3.58. The SMILES string of the molecule is Nc1nc(Oc2cc(Cl)c(Br)cc2Cl)c2ccsc2n1. The molecule has 0 saturated carbocycles. The Morgan fingerprint density at radius 1 is 1.20 bits per heavy atom. The van der Waals surface area contributed by atoms with E-state index in [1.54, 1.807) is 12.1 Å². The molecule has 3 aromatic rings. The maximum atomic E-state index is 6.13. The molecule has 4 nitrogen and oxygen atoms in total. The molecule has 8 heteroatoms. The highest BCUT2D eigenvalue weighted by Gasteiger charge is 2.13. The second-order valence-electron chi connectivity index (χ2n) is 3.83. The molecule has 102 valence electrons. The van der Waals surface area contributed by atoms with E-state index in [1.165, 1.54) is 11.3 Å². The Morgan fingerprint density at radius 3 is 2.80 bits per heavy atom. The number of thiophene rings is 1. The Hall–Kier alpha value is -1.08. The number of nitrogens with zero attached hydrogens (tertiary/aromatic N) is 2. The maximum absolute atomic E-state index is 6.13. The van der Waals surface area contributed by atoms with Crippen LogP contribution in [0.15, 0.2) is 28.1 Å². The summed E-state index contributed by atoms with van der Waals surface area (Å²) >= 11 is 16.9. The number of aromatic nitrogens is 2. The summed E-state index contributed by atoms with van der Waals surface area (Å²) in [4.78, 5) is 8.99. The summed E-state index contributed by atoms with van der Waals surface area (Å²) in [6, 6.07) is 5.14. The normalized spacial score (nSPS) is 10.9. The van der Waals surface area contributed by atoms with Crippen LogP contribution in [0.1, 0.15) is 0 Å². The van der Waals surface area contributed by atoms with Gasteiger partial charge in [-0.05, 0) is 33.4 Å². The zero-order chi connectivity index (χ0) is 14.3. The van der Waals surface area contributed by atoms with Crippen LogP contribution in [0, 0.1) is 0 Å². The van der Waals surface area contributed by atoms with Crippen molar-refractivity contribution in [1.82, 2.24) is 9.97 Å². The van der Waals surface area contributed by atoms with Gasteiger partial charge >= 0.3 is 0 Å². The fraction of sp³-hybridized carbons (Fsp3) is 0.